The van der Waals surface area contributed by atoms with Crippen molar-refractivity contribution in [2.24, 2.45) is 5.41 Å². The zero-order valence-corrected chi connectivity index (χ0v) is 7.40. The lowest BCUT2D eigenvalue weighted by atomic mass is 9.87. The van der Waals surface area contributed by atoms with Crippen LogP contribution < -0.4 is 5.32 Å². The predicted octanol–water partition coefficient (Wildman–Crippen LogP) is 0.692. The van der Waals surface area contributed by atoms with E-state index in [4.69, 9.17) is 0 Å². The summed E-state index contributed by atoms with van der Waals surface area (Å²) in [6.45, 7) is 8.69. The zero-order valence-electron chi connectivity index (χ0n) is 7.40. The molecule has 0 amide bonds. The maximum absolute atomic E-state index is 3.47. The van der Waals surface area contributed by atoms with Crippen LogP contribution in [0.15, 0.2) is 0 Å². The standard InChI is InChI=1S/C9H18N2/c1-2-11-6-4-9(8-11)3-5-10-7-9/h10H,2-8H2,1H3/t9-/m0/s1. The van der Waals surface area contributed by atoms with Crippen LogP contribution in [0.4, 0.5) is 0 Å². The Bertz CT molecular complexity index is 138. The Hall–Kier alpha value is -0.0800. The lowest BCUT2D eigenvalue weighted by Gasteiger charge is -2.21. The molecule has 2 rings (SSSR count). The predicted molar refractivity (Wildman–Crippen MR) is 46.7 cm³/mol. The van der Waals surface area contributed by atoms with Gasteiger partial charge >= 0.3 is 0 Å². The van der Waals surface area contributed by atoms with E-state index in [0.29, 0.717) is 5.41 Å². The fraction of sp³-hybridized carbons (Fsp3) is 1.00. The molecule has 0 bridgehead atoms. The quantitative estimate of drug-likeness (QED) is 0.598. The molecule has 1 N–H and O–H groups in total. The minimum Gasteiger partial charge on any atom is -0.316 e. The van der Waals surface area contributed by atoms with Crippen LogP contribution in [0, 0.1) is 5.41 Å². The fourth-order valence-electron chi connectivity index (χ4n) is 2.44. The zero-order chi connectivity index (χ0) is 7.73. The lowest BCUT2D eigenvalue weighted by Crippen LogP contribution is -2.28. The van der Waals surface area contributed by atoms with Crippen LogP contribution in [-0.2, 0) is 0 Å². The molecule has 0 radical (unpaired) electrons. The van der Waals surface area contributed by atoms with Gasteiger partial charge in [0.05, 0.1) is 0 Å². The first-order valence-corrected chi connectivity index (χ1v) is 4.78. The van der Waals surface area contributed by atoms with Crippen molar-refractivity contribution in [1.29, 1.82) is 0 Å². The number of hydrogen-bond acceptors (Lipinski definition) is 2. The van der Waals surface area contributed by atoms with Crippen molar-refractivity contribution in [2.45, 2.75) is 19.8 Å². The Kier molecular flexibility index (Phi) is 1.90. The smallest absolute Gasteiger partial charge is 0.00510 e. The summed E-state index contributed by atoms with van der Waals surface area (Å²) in [5.74, 6) is 0. The Labute approximate surface area is 69.0 Å². The third-order valence-corrected chi connectivity index (χ3v) is 3.30. The van der Waals surface area contributed by atoms with Gasteiger partial charge in [0.15, 0.2) is 0 Å². The van der Waals surface area contributed by atoms with Crippen molar-refractivity contribution in [3.05, 3.63) is 0 Å². The van der Waals surface area contributed by atoms with Crippen LogP contribution >= 0.6 is 0 Å². The Morgan fingerprint density at radius 3 is 2.91 bits per heavy atom. The van der Waals surface area contributed by atoms with E-state index in [-0.39, 0.29) is 0 Å². The van der Waals surface area contributed by atoms with E-state index in [2.05, 4.69) is 17.1 Å². The van der Waals surface area contributed by atoms with Crippen LogP contribution in [0.3, 0.4) is 0 Å². The molecule has 0 aliphatic carbocycles. The summed E-state index contributed by atoms with van der Waals surface area (Å²) in [5.41, 5.74) is 0.677. The van der Waals surface area contributed by atoms with E-state index in [1.54, 1.807) is 0 Å². The molecule has 2 heterocycles. The molecule has 0 saturated carbocycles. The van der Waals surface area contributed by atoms with Gasteiger partial charge < -0.3 is 10.2 Å². The van der Waals surface area contributed by atoms with Crippen LogP contribution in [0.1, 0.15) is 19.8 Å². The third kappa shape index (κ3) is 1.30. The van der Waals surface area contributed by atoms with E-state index in [0.717, 1.165) is 0 Å². The largest absolute Gasteiger partial charge is 0.316 e. The second kappa shape index (κ2) is 2.76. The fourth-order valence-corrected chi connectivity index (χ4v) is 2.44. The first kappa shape index (κ1) is 7.56. The molecule has 0 aromatic heterocycles. The Balaban J connectivity index is 1.96. The summed E-state index contributed by atoms with van der Waals surface area (Å²) in [4.78, 5) is 2.58. The molecule has 64 valence electrons. The average Bonchev–Trinajstić information content (AvgIpc) is 2.62. The van der Waals surface area contributed by atoms with Gasteiger partial charge in [-0.1, -0.05) is 6.92 Å². The molecule has 2 heteroatoms. The molecule has 0 unspecified atom stereocenters. The van der Waals surface area contributed by atoms with Crippen LogP contribution in [0.25, 0.3) is 0 Å². The number of rotatable bonds is 1. The van der Waals surface area contributed by atoms with E-state index in [9.17, 15) is 0 Å². The minimum atomic E-state index is 0.677. The highest BCUT2D eigenvalue weighted by molar-refractivity contribution is 4.95. The minimum absolute atomic E-state index is 0.677. The number of nitrogens with zero attached hydrogens (tertiary/aromatic N) is 1. The van der Waals surface area contributed by atoms with Crippen LogP contribution in [-0.4, -0.2) is 37.6 Å². The topological polar surface area (TPSA) is 15.3 Å². The van der Waals surface area contributed by atoms with Crippen molar-refractivity contribution in [2.75, 3.05) is 32.7 Å². The van der Waals surface area contributed by atoms with Crippen molar-refractivity contribution in [3.63, 3.8) is 0 Å². The molecule has 2 fully saturated rings. The molecule has 0 aromatic carbocycles. The SMILES string of the molecule is CCN1CC[C@]2(CCNC2)C1. The van der Waals surface area contributed by atoms with Gasteiger partial charge in [-0.2, -0.15) is 0 Å². The van der Waals surface area contributed by atoms with E-state index in [1.807, 2.05) is 0 Å². The van der Waals surface area contributed by atoms with Crippen molar-refractivity contribution in [3.8, 4) is 0 Å². The molecular formula is C9H18N2. The summed E-state index contributed by atoms with van der Waals surface area (Å²) >= 11 is 0. The van der Waals surface area contributed by atoms with Gasteiger partial charge in [-0.3, -0.25) is 0 Å². The molecule has 2 aliphatic heterocycles. The van der Waals surface area contributed by atoms with Gasteiger partial charge in [0.1, 0.15) is 0 Å². The highest BCUT2D eigenvalue weighted by Gasteiger charge is 2.39. The first-order chi connectivity index (χ1) is 5.35. The molecule has 1 atom stereocenters. The second-order valence-corrected chi connectivity index (χ2v) is 4.05. The van der Waals surface area contributed by atoms with Crippen molar-refractivity contribution < 1.29 is 0 Å². The highest BCUT2D eigenvalue weighted by Crippen LogP contribution is 2.35. The van der Waals surface area contributed by atoms with Gasteiger partial charge in [0, 0.05) is 13.1 Å². The van der Waals surface area contributed by atoms with Crippen LogP contribution in [0.5, 0.6) is 0 Å². The summed E-state index contributed by atoms with van der Waals surface area (Å²) in [6.07, 6.45) is 2.83. The first-order valence-electron chi connectivity index (χ1n) is 4.78. The Morgan fingerprint density at radius 1 is 1.45 bits per heavy atom. The molecule has 2 aliphatic rings. The monoisotopic (exact) mass is 154 g/mol. The van der Waals surface area contributed by atoms with Gasteiger partial charge in [-0.15, -0.1) is 0 Å². The van der Waals surface area contributed by atoms with Crippen LogP contribution in [0.2, 0.25) is 0 Å². The molecule has 2 saturated heterocycles. The number of hydrogen-bond donors (Lipinski definition) is 1. The summed E-state index contributed by atoms with van der Waals surface area (Å²) in [6, 6.07) is 0. The maximum Gasteiger partial charge on any atom is 0.00510 e. The molecule has 0 aromatic rings. The average molecular weight is 154 g/mol. The summed E-state index contributed by atoms with van der Waals surface area (Å²) in [7, 11) is 0. The number of likely N-dealkylation sites (tertiary alicyclic amines) is 1. The van der Waals surface area contributed by atoms with Gasteiger partial charge in [0.25, 0.3) is 0 Å². The van der Waals surface area contributed by atoms with Gasteiger partial charge in [-0.05, 0) is 37.9 Å². The molecule has 2 nitrogen and oxygen atoms in total. The van der Waals surface area contributed by atoms with E-state index < -0.39 is 0 Å². The lowest BCUT2D eigenvalue weighted by molar-refractivity contribution is 0.284. The molecule has 1 spiro atoms. The highest BCUT2D eigenvalue weighted by atomic mass is 15.2. The van der Waals surface area contributed by atoms with E-state index >= 15 is 0 Å². The number of nitrogens with one attached hydrogen (secondary N) is 1. The Morgan fingerprint density at radius 2 is 2.36 bits per heavy atom. The summed E-state index contributed by atoms with van der Waals surface area (Å²) in [5, 5.41) is 3.47. The molecule has 11 heavy (non-hydrogen) atoms. The van der Waals surface area contributed by atoms with Crippen molar-refractivity contribution >= 4 is 0 Å². The molecular weight excluding hydrogens is 136 g/mol. The van der Waals surface area contributed by atoms with Gasteiger partial charge in [0.2, 0.25) is 0 Å². The maximum atomic E-state index is 3.47. The summed E-state index contributed by atoms with van der Waals surface area (Å²) < 4.78 is 0. The normalized spacial score (nSPS) is 39.0. The third-order valence-electron chi connectivity index (χ3n) is 3.30. The van der Waals surface area contributed by atoms with Gasteiger partial charge in [-0.25, -0.2) is 0 Å². The second-order valence-electron chi connectivity index (χ2n) is 4.05. The van der Waals surface area contributed by atoms with Crippen molar-refractivity contribution in [1.82, 2.24) is 10.2 Å². The van der Waals surface area contributed by atoms with E-state index in [1.165, 1.54) is 45.6 Å².